The normalized spacial score (nSPS) is 15.1. The number of carbonyl (C=O) groups excluding carboxylic acids is 1. The summed E-state index contributed by atoms with van der Waals surface area (Å²) in [6, 6.07) is 15.3. The molecule has 0 saturated heterocycles. The first-order valence-corrected chi connectivity index (χ1v) is 11.2. The number of carbonyl (C=O) groups is 1. The number of nitrogens with zero attached hydrogens (tertiary/aromatic N) is 2. The maximum Gasteiger partial charge on any atom is 0.332 e. The minimum atomic E-state index is -0.563. The summed E-state index contributed by atoms with van der Waals surface area (Å²) in [7, 11) is 0. The molecule has 0 radical (unpaired) electrons. The van der Waals surface area contributed by atoms with Gasteiger partial charge in [-0.3, -0.25) is 18.7 Å². The molecule has 0 saturated carbocycles. The van der Waals surface area contributed by atoms with E-state index in [4.69, 9.17) is 0 Å². The molecule has 0 spiro atoms. The standard InChI is InChI=1S/C24H20FN3O3S/c25-17-8-5-15(6-9-17)13-28-23(30)22-20(11-12-32-22)27(24(28)31)14-21(29)26-19-10-7-16-3-1-2-4-18(16)19/h1-6,8-9,11-12,19H,7,10,13-14H2,(H,26,29)/t19-/m1/s1. The van der Waals surface area contributed by atoms with Gasteiger partial charge in [-0.15, -0.1) is 11.3 Å². The molecule has 0 aliphatic heterocycles. The zero-order valence-corrected chi connectivity index (χ0v) is 17.9. The molecule has 0 unspecified atom stereocenters. The molecular weight excluding hydrogens is 429 g/mol. The minimum Gasteiger partial charge on any atom is -0.348 e. The van der Waals surface area contributed by atoms with Gasteiger partial charge in [0.1, 0.15) is 17.1 Å². The number of amides is 1. The van der Waals surface area contributed by atoms with Crippen LogP contribution >= 0.6 is 11.3 Å². The molecule has 162 valence electrons. The van der Waals surface area contributed by atoms with E-state index in [-0.39, 0.29) is 25.0 Å². The molecule has 1 atom stereocenters. The second-order valence-electron chi connectivity index (χ2n) is 7.88. The second kappa shape index (κ2) is 8.20. The number of thiophene rings is 1. The predicted octanol–water partition coefficient (Wildman–Crippen LogP) is 3.22. The highest BCUT2D eigenvalue weighted by Gasteiger charge is 2.24. The first-order chi connectivity index (χ1) is 15.5. The van der Waals surface area contributed by atoms with Gasteiger partial charge in [-0.1, -0.05) is 36.4 Å². The van der Waals surface area contributed by atoms with Gasteiger partial charge in [0.05, 0.1) is 18.1 Å². The highest BCUT2D eigenvalue weighted by Crippen LogP contribution is 2.30. The number of hydrogen-bond acceptors (Lipinski definition) is 4. The van der Waals surface area contributed by atoms with Gasteiger partial charge in [0.25, 0.3) is 5.56 Å². The van der Waals surface area contributed by atoms with Crippen LogP contribution in [0.5, 0.6) is 0 Å². The highest BCUT2D eigenvalue weighted by atomic mass is 32.1. The Bertz CT molecular complexity index is 1440. The molecule has 1 amide bonds. The van der Waals surface area contributed by atoms with Crippen LogP contribution in [0, 0.1) is 5.82 Å². The van der Waals surface area contributed by atoms with Crippen LogP contribution in [0.1, 0.15) is 29.2 Å². The van der Waals surface area contributed by atoms with Crippen LogP contribution in [-0.4, -0.2) is 15.0 Å². The average molecular weight is 450 g/mol. The van der Waals surface area contributed by atoms with Gasteiger partial charge >= 0.3 is 5.69 Å². The summed E-state index contributed by atoms with van der Waals surface area (Å²) in [6.07, 6.45) is 1.72. The number of rotatable bonds is 5. The molecule has 32 heavy (non-hydrogen) atoms. The average Bonchev–Trinajstić information content (AvgIpc) is 3.43. The van der Waals surface area contributed by atoms with E-state index in [2.05, 4.69) is 11.4 Å². The Kier molecular flexibility index (Phi) is 5.22. The second-order valence-corrected chi connectivity index (χ2v) is 8.80. The Hall–Kier alpha value is -3.52. The lowest BCUT2D eigenvalue weighted by molar-refractivity contribution is -0.122. The summed E-state index contributed by atoms with van der Waals surface area (Å²) in [5.41, 5.74) is 2.43. The number of aryl methyl sites for hydroxylation is 1. The van der Waals surface area contributed by atoms with E-state index in [1.165, 1.54) is 45.7 Å². The molecule has 6 nitrogen and oxygen atoms in total. The Balaban J connectivity index is 1.46. The van der Waals surface area contributed by atoms with Gasteiger partial charge in [0.15, 0.2) is 0 Å². The van der Waals surface area contributed by atoms with Crippen molar-refractivity contribution < 1.29 is 9.18 Å². The zero-order chi connectivity index (χ0) is 22.2. The van der Waals surface area contributed by atoms with Crippen molar-refractivity contribution in [1.29, 1.82) is 0 Å². The number of hydrogen-bond donors (Lipinski definition) is 1. The molecule has 2 aromatic heterocycles. The van der Waals surface area contributed by atoms with Crippen molar-refractivity contribution in [2.24, 2.45) is 0 Å². The lowest BCUT2D eigenvalue weighted by Crippen LogP contribution is -2.42. The van der Waals surface area contributed by atoms with Crippen molar-refractivity contribution in [3.8, 4) is 0 Å². The molecule has 4 aromatic rings. The van der Waals surface area contributed by atoms with Crippen LogP contribution in [0.25, 0.3) is 10.2 Å². The van der Waals surface area contributed by atoms with Crippen molar-refractivity contribution >= 4 is 27.5 Å². The molecule has 2 heterocycles. The van der Waals surface area contributed by atoms with Crippen molar-refractivity contribution in [3.63, 3.8) is 0 Å². The summed E-state index contributed by atoms with van der Waals surface area (Å²) in [6.45, 7) is -0.183. The Morgan fingerprint density at radius 2 is 1.84 bits per heavy atom. The van der Waals surface area contributed by atoms with Crippen LogP contribution < -0.4 is 16.6 Å². The summed E-state index contributed by atoms with van der Waals surface area (Å²) < 4.78 is 16.1. The van der Waals surface area contributed by atoms with Gasteiger partial charge in [0.2, 0.25) is 5.91 Å². The maximum absolute atomic E-state index is 13.2. The van der Waals surface area contributed by atoms with Crippen molar-refractivity contribution in [1.82, 2.24) is 14.5 Å². The Morgan fingerprint density at radius 3 is 2.66 bits per heavy atom. The van der Waals surface area contributed by atoms with Crippen LogP contribution in [0.2, 0.25) is 0 Å². The van der Waals surface area contributed by atoms with E-state index in [1.54, 1.807) is 11.4 Å². The van der Waals surface area contributed by atoms with E-state index in [1.807, 2.05) is 18.2 Å². The third kappa shape index (κ3) is 3.67. The zero-order valence-electron chi connectivity index (χ0n) is 17.1. The van der Waals surface area contributed by atoms with Gasteiger partial charge in [-0.05, 0) is 53.1 Å². The molecule has 1 aliphatic rings. The number of aromatic nitrogens is 2. The number of fused-ring (bicyclic) bond motifs is 2. The Labute approximate surface area is 186 Å². The fourth-order valence-corrected chi connectivity index (χ4v) is 5.13. The fraction of sp³-hybridized carbons (Fsp3) is 0.208. The smallest absolute Gasteiger partial charge is 0.332 e. The van der Waals surface area contributed by atoms with E-state index in [0.717, 1.165) is 23.0 Å². The van der Waals surface area contributed by atoms with Crippen molar-refractivity contribution in [3.05, 3.63) is 103 Å². The highest BCUT2D eigenvalue weighted by molar-refractivity contribution is 7.17. The number of halogens is 1. The monoisotopic (exact) mass is 449 g/mol. The summed E-state index contributed by atoms with van der Waals surface area (Å²) >= 11 is 1.23. The summed E-state index contributed by atoms with van der Waals surface area (Å²) in [4.78, 5) is 39.0. The van der Waals surface area contributed by atoms with E-state index >= 15 is 0 Å². The van der Waals surface area contributed by atoms with E-state index in [9.17, 15) is 18.8 Å². The lowest BCUT2D eigenvalue weighted by Gasteiger charge is -2.16. The van der Waals surface area contributed by atoms with Crippen LogP contribution in [0.4, 0.5) is 4.39 Å². The largest absolute Gasteiger partial charge is 0.348 e. The van der Waals surface area contributed by atoms with Crippen molar-refractivity contribution in [2.75, 3.05) is 0 Å². The van der Waals surface area contributed by atoms with Gasteiger partial charge < -0.3 is 5.32 Å². The minimum absolute atomic E-state index is 0.00338. The molecule has 8 heteroatoms. The maximum atomic E-state index is 13.2. The first-order valence-electron chi connectivity index (χ1n) is 10.3. The molecule has 0 fully saturated rings. The van der Waals surface area contributed by atoms with Gasteiger partial charge in [-0.25, -0.2) is 9.18 Å². The quantitative estimate of drug-likeness (QED) is 0.509. The topological polar surface area (TPSA) is 73.1 Å². The predicted molar refractivity (Wildman–Crippen MR) is 121 cm³/mol. The lowest BCUT2D eigenvalue weighted by atomic mass is 10.1. The summed E-state index contributed by atoms with van der Waals surface area (Å²) in [5.74, 6) is -0.675. The molecule has 1 aliphatic carbocycles. The SMILES string of the molecule is O=C(Cn1c(=O)n(Cc2ccc(F)cc2)c(=O)c2sccc21)N[C@@H]1CCc2ccccc21. The van der Waals surface area contributed by atoms with E-state index < -0.39 is 17.1 Å². The molecular formula is C24H20FN3O3S. The van der Waals surface area contributed by atoms with Crippen LogP contribution in [0.3, 0.4) is 0 Å². The molecule has 5 rings (SSSR count). The summed E-state index contributed by atoms with van der Waals surface area (Å²) in [5, 5.41) is 4.76. The fourth-order valence-electron chi connectivity index (χ4n) is 4.29. The van der Waals surface area contributed by atoms with E-state index in [0.29, 0.717) is 15.8 Å². The van der Waals surface area contributed by atoms with Crippen LogP contribution in [0.15, 0.2) is 69.6 Å². The first kappa shape index (κ1) is 20.4. The van der Waals surface area contributed by atoms with Gasteiger partial charge in [0, 0.05) is 0 Å². The van der Waals surface area contributed by atoms with Gasteiger partial charge in [-0.2, -0.15) is 0 Å². The number of benzene rings is 2. The third-order valence-corrected chi connectivity index (χ3v) is 6.75. The molecule has 2 aromatic carbocycles. The molecule has 1 N–H and O–H groups in total. The van der Waals surface area contributed by atoms with Crippen LogP contribution in [-0.2, 0) is 24.3 Å². The van der Waals surface area contributed by atoms with Crippen molar-refractivity contribution in [2.45, 2.75) is 32.0 Å². The number of nitrogens with one attached hydrogen (secondary N) is 1. The Morgan fingerprint density at radius 1 is 1.06 bits per heavy atom. The molecule has 0 bridgehead atoms. The third-order valence-electron chi connectivity index (χ3n) is 5.86.